The minimum absolute atomic E-state index is 0.214. The second-order valence-electron chi connectivity index (χ2n) is 7.74. The van der Waals surface area contributed by atoms with Gasteiger partial charge in [0.2, 0.25) is 0 Å². The third-order valence-electron chi connectivity index (χ3n) is 4.22. The van der Waals surface area contributed by atoms with Crippen molar-refractivity contribution in [2.75, 3.05) is 47.4 Å². The molecule has 0 radical (unpaired) electrons. The van der Waals surface area contributed by atoms with Crippen LogP contribution in [0.5, 0.6) is 0 Å². The summed E-state index contributed by atoms with van der Waals surface area (Å²) in [7, 11) is 6.05. The fourth-order valence-corrected chi connectivity index (χ4v) is 3.22. The highest BCUT2D eigenvalue weighted by Gasteiger charge is 2.19. The molecule has 0 aromatic rings. The van der Waals surface area contributed by atoms with Crippen molar-refractivity contribution < 1.29 is 4.74 Å². The van der Waals surface area contributed by atoms with Gasteiger partial charge in [-0.15, -0.1) is 0 Å². The molecule has 136 valence electrons. The van der Waals surface area contributed by atoms with E-state index in [1.807, 2.05) is 7.05 Å². The van der Waals surface area contributed by atoms with Crippen LogP contribution < -0.4 is 10.6 Å². The van der Waals surface area contributed by atoms with Crippen LogP contribution in [0.3, 0.4) is 0 Å². The predicted molar refractivity (Wildman–Crippen MR) is 99.1 cm³/mol. The number of guanidine groups is 1. The van der Waals surface area contributed by atoms with Gasteiger partial charge in [0.05, 0.1) is 6.10 Å². The third-order valence-corrected chi connectivity index (χ3v) is 4.22. The molecule has 0 amide bonds. The van der Waals surface area contributed by atoms with E-state index in [4.69, 9.17) is 4.74 Å². The Balaban J connectivity index is 2.11. The smallest absolute Gasteiger partial charge is 0.190 e. The standard InChI is InChI=1S/C18H38N4O/c1-18(2,15-22(4)5)14-21-17(19-3)20-12-9-13-23-16-10-7-6-8-11-16/h16H,6-15H2,1-5H3,(H2,19,20,21). The first-order valence-electron chi connectivity index (χ1n) is 9.14. The van der Waals surface area contributed by atoms with Gasteiger partial charge >= 0.3 is 0 Å². The number of ether oxygens (including phenoxy) is 1. The molecule has 5 nitrogen and oxygen atoms in total. The average molecular weight is 327 g/mol. The minimum atomic E-state index is 0.214. The van der Waals surface area contributed by atoms with Crippen LogP contribution in [0.1, 0.15) is 52.4 Å². The number of rotatable bonds is 9. The zero-order valence-corrected chi connectivity index (χ0v) is 16.0. The van der Waals surface area contributed by atoms with E-state index < -0.39 is 0 Å². The van der Waals surface area contributed by atoms with Crippen molar-refractivity contribution in [2.45, 2.75) is 58.5 Å². The number of nitrogens with zero attached hydrogens (tertiary/aromatic N) is 2. The van der Waals surface area contributed by atoms with Crippen LogP contribution in [-0.4, -0.2) is 64.3 Å². The van der Waals surface area contributed by atoms with Crippen molar-refractivity contribution in [3.8, 4) is 0 Å². The van der Waals surface area contributed by atoms with Gasteiger partial charge in [0, 0.05) is 33.3 Å². The van der Waals surface area contributed by atoms with Crippen molar-refractivity contribution >= 4 is 5.96 Å². The molecular weight excluding hydrogens is 288 g/mol. The van der Waals surface area contributed by atoms with Gasteiger partial charge in [-0.05, 0) is 38.8 Å². The Hall–Kier alpha value is -0.810. The van der Waals surface area contributed by atoms with E-state index in [-0.39, 0.29) is 5.41 Å². The van der Waals surface area contributed by atoms with Crippen molar-refractivity contribution in [1.82, 2.24) is 15.5 Å². The monoisotopic (exact) mass is 326 g/mol. The van der Waals surface area contributed by atoms with Gasteiger partial charge in [0.15, 0.2) is 5.96 Å². The highest BCUT2D eigenvalue weighted by Crippen LogP contribution is 2.20. The van der Waals surface area contributed by atoms with Gasteiger partial charge in [-0.25, -0.2) is 0 Å². The summed E-state index contributed by atoms with van der Waals surface area (Å²) in [5.74, 6) is 0.884. The molecule has 0 aromatic heterocycles. The Kier molecular flexibility index (Phi) is 9.56. The van der Waals surface area contributed by atoms with E-state index in [1.54, 1.807) is 0 Å². The summed E-state index contributed by atoms with van der Waals surface area (Å²) in [4.78, 5) is 6.52. The molecule has 1 rings (SSSR count). The molecule has 0 spiro atoms. The Morgan fingerprint density at radius 1 is 1.17 bits per heavy atom. The van der Waals surface area contributed by atoms with Gasteiger partial charge in [-0.3, -0.25) is 4.99 Å². The number of aliphatic imine (C=N–C) groups is 1. The van der Waals surface area contributed by atoms with E-state index >= 15 is 0 Å². The normalized spacial score (nSPS) is 17.6. The van der Waals surface area contributed by atoms with Crippen LogP contribution in [0.15, 0.2) is 4.99 Å². The van der Waals surface area contributed by atoms with Gasteiger partial charge in [-0.2, -0.15) is 0 Å². The summed E-state index contributed by atoms with van der Waals surface area (Å²) >= 11 is 0. The largest absolute Gasteiger partial charge is 0.378 e. The van der Waals surface area contributed by atoms with Crippen LogP contribution >= 0.6 is 0 Å². The van der Waals surface area contributed by atoms with Crippen molar-refractivity contribution in [1.29, 1.82) is 0 Å². The van der Waals surface area contributed by atoms with E-state index in [1.165, 1.54) is 32.1 Å². The first-order valence-corrected chi connectivity index (χ1v) is 9.14. The molecule has 0 aromatic carbocycles. The average Bonchev–Trinajstić information content (AvgIpc) is 2.49. The van der Waals surface area contributed by atoms with Gasteiger partial charge in [0.25, 0.3) is 0 Å². The molecule has 0 unspecified atom stereocenters. The fraction of sp³-hybridized carbons (Fsp3) is 0.944. The Morgan fingerprint density at radius 3 is 2.48 bits per heavy atom. The van der Waals surface area contributed by atoms with Crippen LogP contribution in [0.2, 0.25) is 0 Å². The molecule has 1 fully saturated rings. The lowest BCUT2D eigenvalue weighted by molar-refractivity contribution is 0.0277. The quantitative estimate of drug-likeness (QED) is 0.388. The highest BCUT2D eigenvalue weighted by atomic mass is 16.5. The van der Waals surface area contributed by atoms with Gasteiger partial charge in [0.1, 0.15) is 0 Å². The van der Waals surface area contributed by atoms with Crippen LogP contribution in [0.4, 0.5) is 0 Å². The molecule has 2 N–H and O–H groups in total. The molecule has 1 saturated carbocycles. The number of hydrogen-bond donors (Lipinski definition) is 2. The lowest BCUT2D eigenvalue weighted by Gasteiger charge is -2.29. The van der Waals surface area contributed by atoms with E-state index in [0.29, 0.717) is 6.10 Å². The second-order valence-corrected chi connectivity index (χ2v) is 7.74. The first-order chi connectivity index (χ1) is 10.9. The van der Waals surface area contributed by atoms with Crippen LogP contribution in [0, 0.1) is 5.41 Å². The topological polar surface area (TPSA) is 48.9 Å². The van der Waals surface area contributed by atoms with Crippen LogP contribution in [0.25, 0.3) is 0 Å². The molecule has 0 atom stereocenters. The molecule has 0 bridgehead atoms. The van der Waals surface area contributed by atoms with E-state index in [0.717, 1.165) is 38.6 Å². The van der Waals surface area contributed by atoms with Crippen LogP contribution in [-0.2, 0) is 4.74 Å². The maximum atomic E-state index is 5.95. The van der Waals surface area contributed by atoms with Crippen molar-refractivity contribution in [2.24, 2.45) is 10.4 Å². The Bertz CT molecular complexity index is 336. The molecule has 0 aliphatic heterocycles. The molecule has 1 aliphatic rings. The van der Waals surface area contributed by atoms with E-state index in [9.17, 15) is 0 Å². The van der Waals surface area contributed by atoms with Gasteiger partial charge in [-0.1, -0.05) is 33.1 Å². The summed E-state index contributed by atoms with van der Waals surface area (Å²) in [5, 5.41) is 6.81. The minimum Gasteiger partial charge on any atom is -0.378 e. The zero-order chi connectivity index (χ0) is 17.1. The molecule has 1 aliphatic carbocycles. The lowest BCUT2D eigenvalue weighted by Crippen LogP contribution is -2.45. The number of hydrogen-bond acceptors (Lipinski definition) is 3. The molecular formula is C18H38N4O. The second kappa shape index (κ2) is 10.9. The highest BCUT2D eigenvalue weighted by molar-refractivity contribution is 5.79. The summed E-state index contributed by atoms with van der Waals surface area (Å²) < 4.78 is 5.95. The van der Waals surface area contributed by atoms with E-state index in [2.05, 4.69) is 48.5 Å². The Labute approximate surface area is 143 Å². The summed E-state index contributed by atoms with van der Waals surface area (Å²) in [5.41, 5.74) is 0.214. The first kappa shape index (κ1) is 20.2. The lowest BCUT2D eigenvalue weighted by atomic mass is 9.93. The summed E-state index contributed by atoms with van der Waals surface area (Å²) in [6.07, 6.45) is 8.08. The Morgan fingerprint density at radius 2 is 1.87 bits per heavy atom. The summed E-state index contributed by atoms with van der Waals surface area (Å²) in [6.45, 7) is 8.24. The maximum absolute atomic E-state index is 5.95. The maximum Gasteiger partial charge on any atom is 0.190 e. The molecule has 0 saturated heterocycles. The molecule has 5 heteroatoms. The van der Waals surface area contributed by atoms with Gasteiger partial charge < -0.3 is 20.3 Å². The zero-order valence-electron chi connectivity index (χ0n) is 16.0. The summed E-state index contributed by atoms with van der Waals surface area (Å²) in [6, 6.07) is 0. The van der Waals surface area contributed by atoms with Crippen molar-refractivity contribution in [3.05, 3.63) is 0 Å². The molecule has 0 heterocycles. The third kappa shape index (κ3) is 9.82. The van der Waals surface area contributed by atoms with Crippen molar-refractivity contribution in [3.63, 3.8) is 0 Å². The fourth-order valence-electron chi connectivity index (χ4n) is 3.22. The predicted octanol–water partition coefficient (Wildman–Crippen LogP) is 2.48. The SMILES string of the molecule is CN=C(NCCCOC1CCCCC1)NCC(C)(C)CN(C)C. The number of nitrogens with one attached hydrogen (secondary N) is 2. The molecule has 23 heavy (non-hydrogen) atoms.